The zero-order valence-corrected chi connectivity index (χ0v) is 17.1. The molecular weight excluding hydrogens is 366 g/mol. The Hall–Kier alpha value is -2.68. The number of hydrogen-bond acceptors (Lipinski definition) is 1. The summed E-state index contributed by atoms with van der Waals surface area (Å²) < 4.78 is 33.6. The Labute approximate surface area is 172 Å². The molecule has 0 aromatic heterocycles. The summed E-state index contributed by atoms with van der Waals surface area (Å²) in [6.07, 6.45) is 4.76. The fourth-order valence-electron chi connectivity index (χ4n) is 3.52. The van der Waals surface area contributed by atoms with Gasteiger partial charge in [-0.15, -0.1) is 0 Å². The quantitative estimate of drug-likeness (QED) is 0.358. The normalized spacial score (nSPS) is 12.0. The number of unbranched alkanes of at least 4 members (excludes halogenated alkanes) is 1. The van der Waals surface area contributed by atoms with Gasteiger partial charge >= 0.3 is 0 Å². The first-order valence-corrected chi connectivity index (χ1v) is 10.4. The van der Waals surface area contributed by atoms with E-state index in [1.54, 1.807) is 0 Å². The highest BCUT2D eigenvalue weighted by Gasteiger charge is 2.12. The molecule has 0 heterocycles. The SMILES string of the molecule is CCCCC(CC)COc1ccc(-c2ccccc2-c2ccc(F)cc2F)cc1. The Kier molecular flexibility index (Phi) is 7.40. The van der Waals surface area contributed by atoms with Gasteiger partial charge in [0.15, 0.2) is 0 Å². The minimum absolute atomic E-state index is 0.393. The molecule has 0 aliphatic rings. The standard InChI is InChI=1S/C26H28F2O/c1-3-5-8-19(4-2)18-29-22-14-11-20(12-15-22)23-9-6-7-10-24(23)25-16-13-21(27)17-26(25)28/h6-7,9-17,19H,3-5,8,18H2,1-2H3. The number of hydrogen-bond donors (Lipinski definition) is 0. The van der Waals surface area contributed by atoms with Crippen molar-refractivity contribution in [1.29, 1.82) is 0 Å². The predicted molar refractivity (Wildman–Crippen MR) is 116 cm³/mol. The lowest BCUT2D eigenvalue weighted by Crippen LogP contribution is -2.11. The van der Waals surface area contributed by atoms with Crippen molar-refractivity contribution in [2.75, 3.05) is 6.61 Å². The minimum atomic E-state index is -0.574. The van der Waals surface area contributed by atoms with Crippen LogP contribution in [0, 0.1) is 17.6 Å². The van der Waals surface area contributed by atoms with Gasteiger partial charge in [0.2, 0.25) is 0 Å². The number of ether oxygens (including phenoxy) is 1. The molecule has 29 heavy (non-hydrogen) atoms. The van der Waals surface area contributed by atoms with Gasteiger partial charge in [0.1, 0.15) is 17.4 Å². The van der Waals surface area contributed by atoms with E-state index in [9.17, 15) is 8.78 Å². The highest BCUT2D eigenvalue weighted by molar-refractivity contribution is 5.83. The van der Waals surface area contributed by atoms with E-state index in [1.807, 2.05) is 48.5 Å². The highest BCUT2D eigenvalue weighted by atomic mass is 19.1. The molecule has 0 saturated heterocycles. The monoisotopic (exact) mass is 394 g/mol. The van der Waals surface area contributed by atoms with E-state index in [4.69, 9.17) is 4.74 Å². The molecule has 0 fully saturated rings. The summed E-state index contributed by atoms with van der Waals surface area (Å²) in [7, 11) is 0. The Morgan fingerprint density at radius 1 is 0.828 bits per heavy atom. The van der Waals surface area contributed by atoms with Gasteiger partial charge in [0.05, 0.1) is 6.61 Å². The van der Waals surface area contributed by atoms with Crippen molar-refractivity contribution in [1.82, 2.24) is 0 Å². The summed E-state index contributed by atoms with van der Waals surface area (Å²) in [5.41, 5.74) is 3.00. The maximum Gasteiger partial charge on any atom is 0.133 e. The predicted octanol–water partition coefficient (Wildman–Crippen LogP) is 7.89. The average molecular weight is 395 g/mol. The third kappa shape index (κ3) is 5.44. The summed E-state index contributed by atoms with van der Waals surface area (Å²) in [4.78, 5) is 0. The van der Waals surface area contributed by atoms with Crippen LogP contribution in [0.1, 0.15) is 39.5 Å². The molecule has 0 bridgehead atoms. The first kappa shape index (κ1) is 21.0. The van der Waals surface area contributed by atoms with Crippen molar-refractivity contribution < 1.29 is 13.5 Å². The van der Waals surface area contributed by atoms with Crippen molar-refractivity contribution in [2.45, 2.75) is 39.5 Å². The molecule has 3 heteroatoms. The van der Waals surface area contributed by atoms with Gasteiger partial charge in [-0.1, -0.05) is 69.5 Å². The van der Waals surface area contributed by atoms with Crippen molar-refractivity contribution in [2.24, 2.45) is 5.92 Å². The molecule has 1 unspecified atom stereocenters. The van der Waals surface area contributed by atoms with Crippen LogP contribution in [0.3, 0.4) is 0 Å². The Morgan fingerprint density at radius 3 is 2.21 bits per heavy atom. The van der Waals surface area contributed by atoms with Gasteiger partial charge in [-0.05, 0) is 53.3 Å². The van der Waals surface area contributed by atoms with Gasteiger partial charge < -0.3 is 4.74 Å². The summed E-state index contributed by atoms with van der Waals surface area (Å²) >= 11 is 0. The minimum Gasteiger partial charge on any atom is -0.493 e. The fraction of sp³-hybridized carbons (Fsp3) is 0.308. The lowest BCUT2D eigenvalue weighted by molar-refractivity contribution is 0.233. The van der Waals surface area contributed by atoms with E-state index in [0.29, 0.717) is 11.5 Å². The molecule has 0 aliphatic carbocycles. The average Bonchev–Trinajstić information content (AvgIpc) is 2.74. The van der Waals surface area contributed by atoms with Crippen molar-refractivity contribution >= 4 is 0 Å². The third-order valence-electron chi connectivity index (χ3n) is 5.34. The summed E-state index contributed by atoms with van der Waals surface area (Å²) in [6.45, 7) is 5.15. The molecule has 0 radical (unpaired) electrons. The Balaban J connectivity index is 1.78. The molecule has 3 rings (SSSR count). The van der Waals surface area contributed by atoms with Crippen LogP contribution in [-0.2, 0) is 0 Å². The number of benzene rings is 3. The molecule has 0 aliphatic heterocycles. The van der Waals surface area contributed by atoms with Gasteiger partial charge in [-0.3, -0.25) is 0 Å². The van der Waals surface area contributed by atoms with Gasteiger partial charge in [0, 0.05) is 11.6 Å². The molecule has 1 nitrogen and oxygen atoms in total. The second kappa shape index (κ2) is 10.2. The van der Waals surface area contributed by atoms with E-state index < -0.39 is 11.6 Å². The van der Waals surface area contributed by atoms with Crippen molar-refractivity contribution in [3.63, 3.8) is 0 Å². The molecule has 3 aromatic rings. The van der Waals surface area contributed by atoms with Crippen molar-refractivity contribution in [3.8, 4) is 28.0 Å². The van der Waals surface area contributed by atoms with Gasteiger partial charge in [-0.25, -0.2) is 8.78 Å². The molecule has 0 spiro atoms. The molecule has 3 aromatic carbocycles. The highest BCUT2D eigenvalue weighted by Crippen LogP contribution is 2.34. The van der Waals surface area contributed by atoms with E-state index in [1.165, 1.54) is 31.4 Å². The van der Waals surface area contributed by atoms with Crippen LogP contribution < -0.4 is 4.74 Å². The number of halogens is 2. The molecule has 152 valence electrons. The summed E-state index contributed by atoms with van der Waals surface area (Å²) in [6, 6.07) is 19.2. The largest absolute Gasteiger partial charge is 0.493 e. The van der Waals surface area contributed by atoms with E-state index in [-0.39, 0.29) is 0 Å². The van der Waals surface area contributed by atoms with Gasteiger partial charge in [-0.2, -0.15) is 0 Å². The zero-order chi connectivity index (χ0) is 20.6. The summed E-state index contributed by atoms with van der Waals surface area (Å²) in [5.74, 6) is 0.288. The lowest BCUT2D eigenvalue weighted by Gasteiger charge is -2.16. The zero-order valence-electron chi connectivity index (χ0n) is 17.1. The van der Waals surface area contributed by atoms with Gasteiger partial charge in [0.25, 0.3) is 0 Å². The Morgan fingerprint density at radius 2 is 1.55 bits per heavy atom. The van der Waals surface area contributed by atoms with Crippen LogP contribution >= 0.6 is 0 Å². The fourth-order valence-corrected chi connectivity index (χ4v) is 3.52. The topological polar surface area (TPSA) is 9.23 Å². The first-order valence-electron chi connectivity index (χ1n) is 10.4. The lowest BCUT2D eigenvalue weighted by atomic mass is 9.94. The van der Waals surface area contributed by atoms with E-state index >= 15 is 0 Å². The maximum atomic E-state index is 14.3. The molecule has 1 atom stereocenters. The molecule has 0 saturated carbocycles. The smallest absolute Gasteiger partial charge is 0.133 e. The maximum absolute atomic E-state index is 14.3. The first-order chi connectivity index (χ1) is 14.1. The van der Waals surface area contributed by atoms with Crippen LogP contribution in [0.15, 0.2) is 66.7 Å². The summed E-state index contributed by atoms with van der Waals surface area (Å²) in [5, 5.41) is 0. The van der Waals surface area contributed by atoms with Crippen LogP contribution in [0.25, 0.3) is 22.3 Å². The van der Waals surface area contributed by atoms with Crippen molar-refractivity contribution in [3.05, 3.63) is 78.4 Å². The van der Waals surface area contributed by atoms with Crippen LogP contribution in [0.2, 0.25) is 0 Å². The van der Waals surface area contributed by atoms with E-state index in [2.05, 4.69) is 13.8 Å². The van der Waals surface area contributed by atoms with Crippen LogP contribution in [0.4, 0.5) is 8.78 Å². The molecule has 0 N–H and O–H groups in total. The second-order valence-electron chi connectivity index (χ2n) is 7.42. The van der Waals surface area contributed by atoms with Crippen LogP contribution in [-0.4, -0.2) is 6.61 Å². The number of rotatable bonds is 9. The molecule has 0 amide bonds. The Bertz CT molecular complexity index is 918. The second-order valence-corrected chi connectivity index (χ2v) is 7.42. The van der Waals surface area contributed by atoms with E-state index in [0.717, 1.165) is 41.5 Å². The third-order valence-corrected chi connectivity index (χ3v) is 5.34. The molecular formula is C26H28F2O. The van der Waals surface area contributed by atoms with Crippen LogP contribution in [0.5, 0.6) is 5.75 Å².